The monoisotopic (exact) mass is 1200 g/mol. The number of nitrogens with zero attached hydrogens (tertiary/aromatic N) is 6. The van der Waals surface area contributed by atoms with Crippen LogP contribution < -0.4 is 0 Å². The van der Waals surface area contributed by atoms with E-state index in [4.69, 9.17) is 19.9 Å². The van der Waals surface area contributed by atoms with Gasteiger partial charge in [0.1, 0.15) is 11.6 Å². The Kier molecular flexibility index (Phi) is 13.6. The van der Waals surface area contributed by atoms with Crippen molar-refractivity contribution in [2.75, 3.05) is 0 Å². The van der Waals surface area contributed by atoms with Crippen LogP contribution in [0.25, 0.3) is 156 Å². The Balaban J connectivity index is 1.00. The van der Waals surface area contributed by atoms with E-state index in [0.717, 1.165) is 135 Å². The first-order chi connectivity index (χ1) is 45.1. The summed E-state index contributed by atoms with van der Waals surface area (Å²) < 4.78 is 86.8. The van der Waals surface area contributed by atoms with Gasteiger partial charge >= 0.3 is 6.18 Å². The molecule has 0 atom stereocenters. The summed E-state index contributed by atoms with van der Waals surface area (Å²) in [6.45, 7) is 0. The molecular weight excluding hydrogens is 1150 g/mol. The van der Waals surface area contributed by atoms with Crippen LogP contribution in [-0.4, -0.2) is 29.1 Å². The molecule has 16 aromatic rings. The van der Waals surface area contributed by atoms with Crippen molar-refractivity contribution in [2.24, 2.45) is 0 Å². The summed E-state index contributed by atoms with van der Waals surface area (Å²) in [6, 6.07) is 84.7. The molecule has 438 valence electrons. The Bertz CT molecular complexity index is 5160. The zero-order valence-corrected chi connectivity index (χ0v) is 48.9. The Morgan fingerprint density at radius 2 is 0.543 bits per heavy atom. The Morgan fingerprint density at radius 3 is 0.815 bits per heavy atom. The van der Waals surface area contributed by atoms with Crippen LogP contribution in [0.15, 0.2) is 298 Å². The van der Waals surface area contributed by atoms with E-state index in [-0.39, 0.29) is 11.4 Å². The van der Waals surface area contributed by atoms with Gasteiger partial charge in [-0.05, 0) is 95.1 Å². The van der Waals surface area contributed by atoms with Gasteiger partial charge in [-0.1, -0.05) is 200 Å². The van der Waals surface area contributed by atoms with Crippen LogP contribution in [0, 0.1) is 11.6 Å². The molecule has 0 aliphatic heterocycles. The highest BCUT2D eigenvalue weighted by Gasteiger charge is 2.38. The van der Waals surface area contributed by atoms with Crippen LogP contribution >= 0.6 is 0 Å². The molecule has 92 heavy (non-hydrogen) atoms. The number of fused-ring (bicyclic) bond motifs is 6. The minimum atomic E-state index is -5.14. The van der Waals surface area contributed by atoms with Crippen molar-refractivity contribution in [3.05, 3.63) is 315 Å². The molecular formula is C81H49F5N6. The van der Waals surface area contributed by atoms with Gasteiger partial charge in [0.05, 0.1) is 67.3 Å². The third-order valence-corrected chi connectivity index (χ3v) is 17.3. The smallest absolute Gasteiger partial charge is 0.307 e. The summed E-state index contributed by atoms with van der Waals surface area (Å²) in [5, 5.41) is 3.04. The van der Waals surface area contributed by atoms with Crippen molar-refractivity contribution in [2.45, 2.75) is 6.18 Å². The lowest BCUT2D eigenvalue weighted by atomic mass is 9.95. The van der Waals surface area contributed by atoms with Crippen LogP contribution in [0.4, 0.5) is 22.0 Å². The number of hydrogen-bond acceptors (Lipinski definition) is 4. The lowest BCUT2D eigenvalue weighted by molar-refractivity contribution is -0.137. The molecule has 10 aromatic carbocycles. The Labute approximate surface area is 525 Å². The van der Waals surface area contributed by atoms with Gasteiger partial charge in [-0.25, -0.2) is 8.78 Å². The minimum Gasteiger partial charge on any atom is -0.307 e. The normalized spacial score (nSPS) is 11.8. The number of rotatable bonds is 11. The molecule has 0 spiro atoms. The van der Waals surface area contributed by atoms with Crippen LogP contribution in [0.1, 0.15) is 5.56 Å². The third kappa shape index (κ3) is 9.93. The van der Waals surface area contributed by atoms with E-state index in [2.05, 4.69) is 0 Å². The van der Waals surface area contributed by atoms with Crippen molar-refractivity contribution >= 4 is 43.6 Å². The second kappa shape index (κ2) is 22.6. The topological polar surface area (TPSA) is 61.4 Å². The van der Waals surface area contributed by atoms with Crippen molar-refractivity contribution in [3.8, 4) is 112 Å². The number of pyridine rings is 4. The summed E-state index contributed by atoms with van der Waals surface area (Å²) in [6.07, 6.45) is 2.09. The number of hydrogen-bond donors (Lipinski definition) is 0. The van der Waals surface area contributed by atoms with Crippen molar-refractivity contribution in [1.82, 2.24) is 29.1 Å². The maximum atomic E-state index is 16.6. The molecule has 16 rings (SSSR count). The largest absolute Gasteiger partial charge is 0.417 e. The summed E-state index contributed by atoms with van der Waals surface area (Å²) in [5.74, 6) is -2.30. The first kappa shape index (κ1) is 55.4. The predicted molar refractivity (Wildman–Crippen MR) is 360 cm³/mol. The Hall–Kier alpha value is -12.0. The molecule has 0 bridgehead atoms. The first-order valence-corrected chi connectivity index (χ1v) is 30.0. The predicted octanol–water partition coefficient (Wildman–Crippen LogP) is 21.8. The number of halogens is 5. The minimum absolute atomic E-state index is 0.0830. The van der Waals surface area contributed by atoms with Crippen LogP contribution in [-0.2, 0) is 6.18 Å². The molecule has 11 heteroatoms. The third-order valence-electron chi connectivity index (χ3n) is 17.3. The quantitative estimate of drug-likeness (QED) is 0.121. The van der Waals surface area contributed by atoms with Gasteiger partial charge in [-0.3, -0.25) is 19.9 Å². The van der Waals surface area contributed by atoms with Gasteiger partial charge < -0.3 is 9.13 Å². The highest BCUT2D eigenvalue weighted by Crippen LogP contribution is 2.48. The fraction of sp³-hybridized carbons (Fsp3) is 0.0123. The molecule has 0 amide bonds. The molecule has 0 N–H and O–H groups in total. The van der Waals surface area contributed by atoms with E-state index < -0.39 is 34.5 Å². The number of alkyl halides is 3. The van der Waals surface area contributed by atoms with E-state index in [9.17, 15) is 0 Å². The summed E-state index contributed by atoms with van der Waals surface area (Å²) in [7, 11) is 0. The van der Waals surface area contributed by atoms with E-state index in [0.29, 0.717) is 22.1 Å². The number of benzene rings is 10. The van der Waals surface area contributed by atoms with Crippen LogP contribution in [0.3, 0.4) is 0 Å². The van der Waals surface area contributed by atoms with E-state index >= 15 is 22.0 Å². The molecule has 6 aromatic heterocycles. The highest BCUT2D eigenvalue weighted by atomic mass is 19.4. The lowest BCUT2D eigenvalue weighted by Crippen LogP contribution is -2.13. The van der Waals surface area contributed by atoms with Gasteiger partial charge in [0, 0.05) is 96.4 Å². The molecule has 0 radical (unpaired) electrons. The maximum absolute atomic E-state index is 16.6. The molecule has 6 nitrogen and oxygen atoms in total. The summed E-state index contributed by atoms with van der Waals surface area (Å²) >= 11 is 0. The second-order valence-corrected chi connectivity index (χ2v) is 22.8. The molecule has 0 fully saturated rings. The SMILES string of the molecule is Fc1cccc(F)c1-c1cc(-n2c3cc(-c4ccc(-c5ccccc5)nc4)ccc3c3ccc(-c4ccc(-c5ccccc5)nc4)cc32)c(-n2c3cc(-c4ccc(-c5ccccc5)nc4)ccc3c3ccc(-c4ccc(-c5ccccc5)nc4)cc32)cc1C(F)(F)F. The summed E-state index contributed by atoms with van der Waals surface area (Å²) in [5.41, 5.74) is 13.0. The average Bonchev–Trinajstić information content (AvgIpc) is 1.51. The van der Waals surface area contributed by atoms with Gasteiger partial charge in [-0.2, -0.15) is 13.2 Å². The van der Waals surface area contributed by atoms with Crippen LogP contribution in [0.2, 0.25) is 0 Å². The second-order valence-electron chi connectivity index (χ2n) is 22.8. The van der Waals surface area contributed by atoms with Crippen molar-refractivity contribution in [3.63, 3.8) is 0 Å². The maximum Gasteiger partial charge on any atom is 0.417 e. The van der Waals surface area contributed by atoms with Crippen molar-refractivity contribution < 1.29 is 22.0 Å². The molecule has 0 unspecified atom stereocenters. The van der Waals surface area contributed by atoms with Gasteiger partial charge in [-0.15, -0.1) is 0 Å². The van der Waals surface area contributed by atoms with E-state index in [1.807, 2.05) is 264 Å². The summed E-state index contributed by atoms with van der Waals surface area (Å²) in [4.78, 5) is 19.5. The zero-order valence-electron chi connectivity index (χ0n) is 48.9. The molecule has 6 heterocycles. The molecule has 0 aliphatic carbocycles. The lowest BCUT2D eigenvalue weighted by Gasteiger charge is -2.23. The van der Waals surface area contributed by atoms with E-state index in [1.165, 1.54) is 6.07 Å². The highest BCUT2D eigenvalue weighted by molar-refractivity contribution is 6.14. The first-order valence-electron chi connectivity index (χ1n) is 30.0. The average molecular weight is 1200 g/mol. The molecule has 0 saturated carbocycles. The fourth-order valence-electron chi connectivity index (χ4n) is 12.8. The van der Waals surface area contributed by atoms with E-state index in [1.54, 1.807) is 12.4 Å². The van der Waals surface area contributed by atoms with Gasteiger partial charge in [0.25, 0.3) is 0 Å². The molecule has 0 saturated heterocycles. The number of aromatic nitrogens is 6. The van der Waals surface area contributed by atoms with Gasteiger partial charge in [0.15, 0.2) is 0 Å². The zero-order chi connectivity index (χ0) is 62.0. The van der Waals surface area contributed by atoms with Crippen molar-refractivity contribution in [1.29, 1.82) is 0 Å². The van der Waals surface area contributed by atoms with Crippen LogP contribution in [0.5, 0.6) is 0 Å². The fourth-order valence-corrected chi connectivity index (χ4v) is 12.8. The standard InChI is InChI=1S/C81H49F5N6/c82-68-22-13-23-69(83)80(68)66-44-78(91-74-40-54(58-28-36-70(87-46-58)50-14-5-1-6-15-50)24-32-62(74)63-33-25-55(41-75(63)91)59-29-37-71(88-47-59)51-16-7-2-8-17-51)79(45-67(66)81(84,85)86)92-76-42-56(60-30-38-72(89-48-60)52-18-9-3-10-19-52)26-34-64(76)65-35-27-57(43-77(65)92)61-31-39-73(90-49-61)53-20-11-4-12-21-53/h1-49H. The molecule has 0 aliphatic rings. The van der Waals surface area contributed by atoms with Gasteiger partial charge in [0.2, 0.25) is 0 Å². The Morgan fingerprint density at radius 1 is 0.261 bits per heavy atom.